The third kappa shape index (κ3) is 5.15. The standard InChI is InChI=1S/C16H22N4O5/c1-3-20(9-14(21)22)12-7-11(8-12)18-16(24)19-13-6-10(4-5-17-13)15(23)25-2/h4-6,11-12H,3,7-9H2,1-2H3,(H,21,22)(H2,17,18,19,24). The molecule has 0 spiro atoms. The number of pyridine rings is 1. The van der Waals surface area contributed by atoms with Crippen molar-refractivity contribution in [2.45, 2.75) is 31.8 Å². The number of esters is 1. The van der Waals surface area contributed by atoms with E-state index in [1.807, 2.05) is 11.8 Å². The fourth-order valence-corrected chi connectivity index (χ4v) is 2.76. The van der Waals surface area contributed by atoms with E-state index in [4.69, 9.17) is 5.11 Å². The van der Waals surface area contributed by atoms with Gasteiger partial charge in [-0.2, -0.15) is 0 Å². The number of ether oxygens (including phenoxy) is 1. The first kappa shape index (κ1) is 18.7. The van der Waals surface area contributed by atoms with Crippen molar-refractivity contribution < 1.29 is 24.2 Å². The van der Waals surface area contributed by atoms with Crippen molar-refractivity contribution in [1.29, 1.82) is 0 Å². The predicted octanol–water partition coefficient (Wildman–Crippen LogP) is 0.927. The van der Waals surface area contributed by atoms with Gasteiger partial charge in [-0.1, -0.05) is 6.92 Å². The summed E-state index contributed by atoms with van der Waals surface area (Å²) in [7, 11) is 1.28. The van der Waals surface area contributed by atoms with Crippen LogP contribution in [0.1, 0.15) is 30.1 Å². The van der Waals surface area contributed by atoms with E-state index in [9.17, 15) is 14.4 Å². The number of anilines is 1. The summed E-state index contributed by atoms with van der Waals surface area (Å²) < 4.78 is 4.62. The lowest BCUT2D eigenvalue weighted by Crippen LogP contribution is -2.55. The summed E-state index contributed by atoms with van der Waals surface area (Å²) in [6.07, 6.45) is 2.81. The summed E-state index contributed by atoms with van der Waals surface area (Å²) in [5.41, 5.74) is 0.295. The van der Waals surface area contributed by atoms with Gasteiger partial charge in [-0.3, -0.25) is 15.0 Å². The number of amides is 2. The lowest BCUT2D eigenvalue weighted by atomic mass is 9.85. The van der Waals surface area contributed by atoms with Crippen LogP contribution < -0.4 is 10.6 Å². The molecule has 1 heterocycles. The molecule has 0 bridgehead atoms. The lowest BCUT2D eigenvalue weighted by Gasteiger charge is -2.42. The Balaban J connectivity index is 1.80. The van der Waals surface area contributed by atoms with E-state index in [0.29, 0.717) is 24.9 Å². The zero-order valence-electron chi connectivity index (χ0n) is 14.2. The normalized spacial score (nSPS) is 19.0. The molecule has 9 nitrogen and oxygen atoms in total. The van der Waals surface area contributed by atoms with Gasteiger partial charge in [0.05, 0.1) is 19.2 Å². The number of methoxy groups -OCH3 is 1. The summed E-state index contributed by atoms with van der Waals surface area (Å²) in [6, 6.07) is 2.65. The Hall–Kier alpha value is -2.68. The van der Waals surface area contributed by atoms with E-state index in [0.717, 1.165) is 0 Å². The van der Waals surface area contributed by atoms with E-state index in [-0.39, 0.29) is 24.4 Å². The minimum atomic E-state index is -0.854. The van der Waals surface area contributed by atoms with Gasteiger partial charge in [-0.05, 0) is 31.5 Å². The summed E-state index contributed by atoms with van der Waals surface area (Å²) in [5.74, 6) is -1.12. The summed E-state index contributed by atoms with van der Waals surface area (Å²) in [4.78, 5) is 40.1. The molecule has 25 heavy (non-hydrogen) atoms. The fourth-order valence-electron chi connectivity index (χ4n) is 2.76. The number of aliphatic carboxylic acids is 1. The molecular formula is C16H22N4O5. The fraction of sp³-hybridized carbons (Fsp3) is 0.500. The van der Waals surface area contributed by atoms with E-state index < -0.39 is 18.0 Å². The van der Waals surface area contributed by atoms with Crippen LogP contribution in [0, 0.1) is 0 Å². The number of aromatic nitrogens is 1. The van der Waals surface area contributed by atoms with E-state index >= 15 is 0 Å². The first-order valence-corrected chi connectivity index (χ1v) is 8.00. The number of carbonyl (C=O) groups excluding carboxylic acids is 2. The molecule has 3 N–H and O–H groups in total. The molecule has 1 fully saturated rings. The number of carbonyl (C=O) groups is 3. The number of likely N-dealkylation sites (N-methyl/N-ethyl adjacent to an activating group) is 1. The summed E-state index contributed by atoms with van der Waals surface area (Å²) in [6.45, 7) is 2.57. The van der Waals surface area contributed by atoms with Crippen LogP contribution in [-0.2, 0) is 9.53 Å². The molecule has 0 aromatic carbocycles. The van der Waals surface area contributed by atoms with Crippen molar-refractivity contribution in [1.82, 2.24) is 15.2 Å². The predicted molar refractivity (Wildman–Crippen MR) is 89.4 cm³/mol. The van der Waals surface area contributed by atoms with E-state index in [2.05, 4.69) is 20.4 Å². The molecule has 1 aromatic rings. The molecular weight excluding hydrogens is 328 g/mol. The number of carboxylic acid groups (broad SMARTS) is 1. The summed E-state index contributed by atoms with van der Waals surface area (Å²) >= 11 is 0. The second-order valence-electron chi connectivity index (χ2n) is 5.80. The quantitative estimate of drug-likeness (QED) is 0.625. The second-order valence-corrected chi connectivity index (χ2v) is 5.80. The minimum absolute atomic E-state index is 0.00429. The first-order chi connectivity index (χ1) is 11.9. The van der Waals surface area contributed by atoms with Crippen LogP contribution in [0.3, 0.4) is 0 Å². The van der Waals surface area contributed by atoms with Crippen LogP contribution in [0.5, 0.6) is 0 Å². The van der Waals surface area contributed by atoms with Crippen LogP contribution in [0.4, 0.5) is 10.6 Å². The first-order valence-electron chi connectivity index (χ1n) is 8.00. The Morgan fingerprint density at radius 2 is 2.12 bits per heavy atom. The van der Waals surface area contributed by atoms with Gasteiger partial charge in [-0.15, -0.1) is 0 Å². The number of hydrogen-bond acceptors (Lipinski definition) is 6. The SMILES string of the molecule is CCN(CC(=O)O)C1CC(NC(=O)Nc2cc(C(=O)OC)ccn2)C1. The third-order valence-electron chi connectivity index (χ3n) is 4.13. The van der Waals surface area contributed by atoms with Crippen molar-refractivity contribution in [3.63, 3.8) is 0 Å². The van der Waals surface area contributed by atoms with E-state index in [1.165, 1.54) is 25.4 Å². The number of urea groups is 1. The molecule has 1 saturated carbocycles. The highest BCUT2D eigenvalue weighted by atomic mass is 16.5. The molecule has 0 aliphatic heterocycles. The maximum atomic E-state index is 12.0. The number of hydrogen-bond donors (Lipinski definition) is 3. The number of nitrogens with one attached hydrogen (secondary N) is 2. The molecule has 136 valence electrons. The number of nitrogens with zero attached hydrogens (tertiary/aromatic N) is 2. The van der Waals surface area contributed by atoms with Crippen molar-refractivity contribution in [2.24, 2.45) is 0 Å². The van der Waals surface area contributed by atoms with Crippen LogP contribution >= 0.6 is 0 Å². The van der Waals surface area contributed by atoms with Crippen LogP contribution in [-0.4, -0.2) is 65.2 Å². The van der Waals surface area contributed by atoms with Gasteiger partial charge < -0.3 is 15.2 Å². The van der Waals surface area contributed by atoms with Crippen molar-refractivity contribution >= 4 is 23.8 Å². The van der Waals surface area contributed by atoms with Crippen molar-refractivity contribution in [2.75, 3.05) is 25.5 Å². The molecule has 0 atom stereocenters. The number of carboxylic acids is 1. The molecule has 2 amide bonds. The van der Waals surface area contributed by atoms with Crippen LogP contribution in [0.15, 0.2) is 18.3 Å². The highest BCUT2D eigenvalue weighted by Gasteiger charge is 2.34. The Morgan fingerprint density at radius 3 is 2.72 bits per heavy atom. The smallest absolute Gasteiger partial charge is 0.338 e. The van der Waals surface area contributed by atoms with Crippen molar-refractivity contribution in [3.05, 3.63) is 23.9 Å². The highest BCUT2D eigenvalue weighted by molar-refractivity contribution is 5.93. The van der Waals surface area contributed by atoms with Gasteiger partial charge in [0.2, 0.25) is 0 Å². The van der Waals surface area contributed by atoms with Gasteiger partial charge >= 0.3 is 18.0 Å². The molecule has 1 aliphatic carbocycles. The van der Waals surface area contributed by atoms with Gasteiger partial charge in [0.25, 0.3) is 0 Å². The van der Waals surface area contributed by atoms with Gasteiger partial charge in [0, 0.05) is 18.3 Å². The Bertz CT molecular complexity index is 645. The lowest BCUT2D eigenvalue weighted by molar-refractivity contribution is -0.139. The average molecular weight is 350 g/mol. The molecule has 0 unspecified atom stereocenters. The third-order valence-corrected chi connectivity index (χ3v) is 4.13. The molecule has 2 rings (SSSR count). The molecule has 0 saturated heterocycles. The van der Waals surface area contributed by atoms with Crippen molar-refractivity contribution in [3.8, 4) is 0 Å². The maximum absolute atomic E-state index is 12.0. The van der Waals surface area contributed by atoms with E-state index in [1.54, 1.807) is 0 Å². The van der Waals surface area contributed by atoms with Crippen LogP contribution in [0.25, 0.3) is 0 Å². The largest absolute Gasteiger partial charge is 0.480 e. The second kappa shape index (κ2) is 8.43. The van der Waals surface area contributed by atoms with Gasteiger partial charge in [-0.25, -0.2) is 14.6 Å². The Labute approximate surface area is 145 Å². The molecule has 1 aliphatic rings. The number of rotatable bonds is 7. The topological polar surface area (TPSA) is 121 Å². The monoisotopic (exact) mass is 350 g/mol. The van der Waals surface area contributed by atoms with Gasteiger partial charge in [0.1, 0.15) is 5.82 Å². The zero-order chi connectivity index (χ0) is 18.4. The Kier molecular flexibility index (Phi) is 6.29. The maximum Gasteiger partial charge on any atom is 0.338 e. The molecule has 0 radical (unpaired) electrons. The zero-order valence-corrected chi connectivity index (χ0v) is 14.2. The highest BCUT2D eigenvalue weighted by Crippen LogP contribution is 2.25. The van der Waals surface area contributed by atoms with Gasteiger partial charge in [0.15, 0.2) is 0 Å². The Morgan fingerprint density at radius 1 is 1.40 bits per heavy atom. The van der Waals surface area contributed by atoms with Crippen LogP contribution in [0.2, 0.25) is 0 Å². The molecule has 1 aromatic heterocycles. The average Bonchev–Trinajstić information content (AvgIpc) is 2.55. The summed E-state index contributed by atoms with van der Waals surface area (Å²) in [5, 5.41) is 14.3. The molecule has 9 heteroatoms. The minimum Gasteiger partial charge on any atom is -0.480 e.